The number of hydrazine groups is 1. The summed E-state index contributed by atoms with van der Waals surface area (Å²) in [4.78, 5) is 10.9. The molecule has 0 fully saturated rings. The van der Waals surface area contributed by atoms with Crippen LogP contribution in [0.1, 0.15) is 26.2 Å². The van der Waals surface area contributed by atoms with Crippen LogP contribution in [0.2, 0.25) is 0 Å². The molecule has 0 saturated carbocycles. The highest BCUT2D eigenvalue weighted by atomic mass is 16.2. The third-order valence-corrected chi connectivity index (χ3v) is 1.11. The Morgan fingerprint density at radius 3 is 2.50 bits per heavy atom. The monoisotopic (exact) mass is 144 g/mol. The largest absolute Gasteiger partial charge is 0.289 e. The van der Waals surface area contributed by atoms with Gasteiger partial charge in [-0.3, -0.25) is 10.2 Å². The van der Waals surface area contributed by atoms with E-state index in [1.54, 1.807) is 5.01 Å². The smallest absolute Gasteiger partial charge is 0.234 e. The standard InChI is InChI=1S/C7H16N2O/c1-4-5-6-7(10)8-9(2)3/h4-6H2,1-3H3,(H,8,10). The summed E-state index contributed by atoms with van der Waals surface area (Å²) in [5, 5.41) is 1.66. The van der Waals surface area contributed by atoms with Crippen molar-refractivity contribution in [3.05, 3.63) is 0 Å². The zero-order valence-electron chi connectivity index (χ0n) is 6.98. The second-order valence-corrected chi connectivity index (χ2v) is 2.53. The molecule has 0 atom stereocenters. The van der Waals surface area contributed by atoms with Crippen molar-refractivity contribution < 1.29 is 4.79 Å². The van der Waals surface area contributed by atoms with Gasteiger partial charge in [0.2, 0.25) is 5.91 Å². The van der Waals surface area contributed by atoms with E-state index in [4.69, 9.17) is 0 Å². The molecule has 10 heavy (non-hydrogen) atoms. The van der Waals surface area contributed by atoms with Crippen molar-refractivity contribution in [2.75, 3.05) is 14.1 Å². The Balaban J connectivity index is 3.26. The van der Waals surface area contributed by atoms with E-state index in [9.17, 15) is 4.79 Å². The molecule has 0 aromatic carbocycles. The van der Waals surface area contributed by atoms with Crippen molar-refractivity contribution in [3.8, 4) is 0 Å². The van der Waals surface area contributed by atoms with Crippen molar-refractivity contribution in [1.29, 1.82) is 0 Å². The number of hydrogen-bond donors (Lipinski definition) is 1. The lowest BCUT2D eigenvalue weighted by atomic mass is 10.2. The first-order valence-electron chi connectivity index (χ1n) is 3.63. The number of amides is 1. The quantitative estimate of drug-likeness (QED) is 0.591. The van der Waals surface area contributed by atoms with E-state index >= 15 is 0 Å². The number of hydrogen-bond acceptors (Lipinski definition) is 2. The van der Waals surface area contributed by atoms with E-state index in [0.717, 1.165) is 12.8 Å². The molecule has 1 amide bonds. The first kappa shape index (κ1) is 9.43. The van der Waals surface area contributed by atoms with Crippen LogP contribution in [0.4, 0.5) is 0 Å². The predicted octanol–water partition coefficient (Wildman–Crippen LogP) is 0.769. The van der Waals surface area contributed by atoms with Crippen LogP contribution < -0.4 is 5.43 Å². The SMILES string of the molecule is CCCCC(=O)NN(C)C. The number of nitrogens with zero attached hydrogens (tertiary/aromatic N) is 1. The number of carbonyl (C=O) groups excluding carboxylic acids is 1. The molecule has 0 radical (unpaired) electrons. The van der Waals surface area contributed by atoms with Gasteiger partial charge < -0.3 is 0 Å². The summed E-state index contributed by atoms with van der Waals surface area (Å²) in [6.07, 6.45) is 2.68. The number of rotatable bonds is 4. The summed E-state index contributed by atoms with van der Waals surface area (Å²) >= 11 is 0. The van der Waals surface area contributed by atoms with E-state index in [1.807, 2.05) is 14.1 Å². The van der Waals surface area contributed by atoms with Crippen molar-refractivity contribution in [2.45, 2.75) is 26.2 Å². The molecule has 3 nitrogen and oxygen atoms in total. The Labute approximate surface area is 62.4 Å². The third kappa shape index (κ3) is 5.56. The molecule has 0 saturated heterocycles. The number of unbranched alkanes of at least 4 members (excludes halogenated alkanes) is 1. The Kier molecular flexibility index (Phi) is 4.94. The van der Waals surface area contributed by atoms with Gasteiger partial charge in [0.05, 0.1) is 0 Å². The van der Waals surface area contributed by atoms with E-state index in [0.29, 0.717) is 6.42 Å². The first-order chi connectivity index (χ1) is 4.66. The molecular weight excluding hydrogens is 128 g/mol. The molecule has 0 aliphatic heterocycles. The van der Waals surface area contributed by atoms with Crippen LogP contribution in [0.15, 0.2) is 0 Å². The molecule has 0 rings (SSSR count). The lowest BCUT2D eigenvalue weighted by molar-refractivity contribution is -0.124. The van der Waals surface area contributed by atoms with Gasteiger partial charge in [-0.15, -0.1) is 0 Å². The Morgan fingerprint density at radius 1 is 1.50 bits per heavy atom. The molecule has 0 bridgehead atoms. The van der Waals surface area contributed by atoms with Gasteiger partial charge in [0.15, 0.2) is 0 Å². The minimum absolute atomic E-state index is 0.104. The fraction of sp³-hybridized carbons (Fsp3) is 0.857. The maximum Gasteiger partial charge on any atom is 0.234 e. The van der Waals surface area contributed by atoms with Gasteiger partial charge in [-0.25, -0.2) is 5.01 Å². The molecule has 0 aromatic rings. The Bertz CT molecular complexity index is 102. The minimum Gasteiger partial charge on any atom is -0.289 e. The highest BCUT2D eigenvalue weighted by Crippen LogP contribution is 1.92. The van der Waals surface area contributed by atoms with Gasteiger partial charge in [0, 0.05) is 20.5 Å². The molecule has 0 aliphatic carbocycles. The fourth-order valence-corrected chi connectivity index (χ4v) is 0.643. The molecule has 0 spiro atoms. The summed E-state index contributed by atoms with van der Waals surface area (Å²) in [7, 11) is 3.62. The van der Waals surface area contributed by atoms with Gasteiger partial charge in [0.1, 0.15) is 0 Å². The molecule has 0 heterocycles. The second-order valence-electron chi connectivity index (χ2n) is 2.53. The van der Waals surface area contributed by atoms with Crippen LogP contribution in [0.25, 0.3) is 0 Å². The van der Waals surface area contributed by atoms with Crippen molar-refractivity contribution in [3.63, 3.8) is 0 Å². The van der Waals surface area contributed by atoms with Gasteiger partial charge in [-0.1, -0.05) is 13.3 Å². The maximum atomic E-state index is 10.9. The molecular formula is C7H16N2O. The lowest BCUT2D eigenvalue weighted by Gasteiger charge is -2.10. The second kappa shape index (κ2) is 5.23. The van der Waals surface area contributed by atoms with E-state index < -0.39 is 0 Å². The molecule has 3 heteroatoms. The van der Waals surface area contributed by atoms with Crippen LogP contribution in [0.3, 0.4) is 0 Å². The number of nitrogens with one attached hydrogen (secondary N) is 1. The van der Waals surface area contributed by atoms with Crippen molar-refractivity contribution >= 4 is 5.91 Å². The third-order valence-electron chi connectivity index (χ3n) is 1.11. The normalized spacial score (nSPS) is 10.0. The highest BCUT2D eigenvalue weighted by molar-refractivity contribution is 5.75. The maximum absolute atomic E-state index is 10.9. The highest BCUT2D eigenvalue weighted by Gasteiger charge is 1.98. The Hall–Kier alpha value is -0.570. The van der Waals surface area contributed by atoms with Crippen molar-refractivity contribution in [2.24, 2.45) is 0 Å². The van der Waals surface area contributed by atoms with E-state index in [2.05, 4.69) is 12.3 Å². The fourth-order valence-electron chi connectivity index (χ4n) is 0.643. The van der Waals surface area contributed by atoms with E-state index in [-0.39, 0.29) is 5.91 Å². The van der Waals surface area contributed by atoms with Gasteiger partial charge >= 0.3 is 0 Å². The number of carbonyl (C=O) groups is 1. The average molecular weight is 144 g/mol. The van der Waals surface area contributed by atoms with Gasteiger partial charge in [-0.2, -0.15) is 0 Å². The van der Waals surface area contributed by atoms with E-state index in [1.165, 1.54) is 0 Å². The van der Waals surface area contributed by atoms with Gasteiger partial charge in [-0.05, 0) is 6.42 Å². The van der Waals surface area contributed by atoms with Crippen LogP contribution in [0, 0.1) is 0 Å². The summed E-state index contributed by atoms with van der Waals surface area (Å²) < 4.78 is 0. The summed E-state index contributed by atoms with van der Waals surface area (Å²) in [6, 6.07) is 0. The summed E-state index contributed by atoms with van der Waals surface area (Å²) in [5.74, 6) is 0.104. The van der Waals surface area contributed by atoms with Gasteiger partial charge in [0.25, 0.3) is 0 Å². The molecule has 0 aromatic heterocycles. The van der Waals surface area contributed by atoms with Crippen LogP contribution in [0.5, 0.6) is 0 Å². The molecule has 0 unspecified atom stereocenters. The summed E-state index contributed by atoms with van der Waals surface area (Å²) in [5.41, 5.74) is 2.67. The molecule has 1 N–H and O–H groups in total. The minimum atomic E-state index is 0.104. The topological polar surface area (TPSA) is 32.3 Å². The average Bonchev–Trinajstić information content (AvgIpc) is 1.82. The zero-order chi connectivity index (χ0) is 7.98. The van der Waals surface area contributed by atoms with Crippen LogP contribution >= 0.6 is 0 Å². The molecule has 60 valence electrons. The Morgan fingerprint density at radius 2 is 2.10 bits per heavy atom. The van der Waals surface area contributed by atoms with Crippen LogP contribution in [-0.4, -0.2) is 25.0 Å². The summed E-state index contributed by atoms with van der Waals surface area (Å²) in [6.45, 7) is 2.07. The van der Waals surface area contributed by atoms with Crippen LogP contribution in [-0.2, 0) is 4.79 Å². The van der Waals surface area contributed by atoms with Crippen molar-refractivity contribution in [1.82, 2.24) is 10.4 Å². The predicted molar refractivity (Wildman–Crippen MR) is 41.4 cm³/mol. The lowest BCUT2D eigenvalue weighted by Crippen LogP contribution is -2.35. The zero-order valence-corrected chi connectivity index (χ0v) is 6.98. The first-order valence-corrected chi connectivity index (χ1v) is 3.63. The molecule has 0 aliphatic rings.